The summed E-state index contributed by atoms with van der Waals surface area (Å²) in [6.07, 6.45) is 0.918. The molecule has 3 rings (SSSR count). The number of nitrogens with zero attached hydrogens (tertiary/aromatic N) is 2. The van der Waals surface area contributed by atoms with E-state index in [1.165, 1.54) is 11.3 Å². The number of nitrogen functional groups attached to an aromatic ring is 1. The topological polar surface area (TPSA) is 70.3 Å². The number of anilines is 1. The van der Waals surface area contributed by atoms with Gasteiger partial charge >= 0.3 is 0 Å². The molecule has 0 saturated carbocycles. The Hall–Kier alpha value is -1.47. The molecule has 0 aliphatic carbocycles. The molecule has 0 fully saturated rings. The van der Waals surface area contributed by atoms with Gasteiger partial charge in [-0.15, -0.1) is 22.0 Å². The summed E-state index contributed by atoms with van der Waals surface area (Å²) in [5.74, 6) is 2.40. The predicted molar refractivity (Wildman–Crippen MR) is 75.9 cm³/mol. The van der Waals surface area contributed by atoms with Gasteiger partial charge in [-0.25, -0.2) is 0 Å². The number of thioether (sulfide) groups is 1. The number of rotatable bonds is 3. The highest BCUT2D eigenvalue weighted by Crippen LogP contribution is 2.35. The third-order valence-corrected chi connectivity index (χ3v) is 4.50. The van der Waals surface area contributed by atoms with Gasteiger partial charge in [-0.05, 0) is 18.2 Å². The van der Waals surface area contributed by atoms with Gasteiger partial charge in [0.25, 0.3) is 0 Å². The molecule has 1 aromatic carbocycles. The van der Waals surface area contributed by atoms with Gasteiger partial charge in [0.15, 0.2) is 11.5 Å². The Balaban J connectivity index is 1.69. The van der Waals surface area contributed by atoms with E-state index in [1.54, 1.807) is 11.8 Å². The van der Waals surface area contributed by atoms with Crippen molar-refractivity contribution in [2.45, 2.75) is 17.1 Å². The maximum atomic E-state index is 5.66. The molecule has 1 aliphatic rings. The van der Waals surface area contributed by atoms with Crippen LogP contribution in [0.25, 0.3) is 0 Å². The number of nitrogens with two attached hydrogens (primary N) is 1. The van der Waals surface area contributed by atoms with Crippen LogP contribution in [-0.2, 0) is 5.75 Å². The summed E-state index contributed by atoms with van der Waals surface area (Å²) in [6, 6.07) is 6.00. The number of benzene rings is 1. The van der Waals surface area contributed by atoms with Crippen molar-refractivity contribution < 1.29 is 9.47 Å². The van der Waals surface area contributed by atoms with E-state index in [0.717, 1.165) is 33.6 Å². The maximum absolute atomic E-state index is 5.66. The van der Waals surface area contributed by atoms with E-state index in [9.17, 15) is 0 Å². The summed E-state index contributed by atoms with van der Waals surface area (Å²) in [6.45, 7) is 1.41. The van der Waals surface area contributed by atoms with Gasteiger partial charge < -0.3 is 15.2 Å². The van der Waals surface area contributed by atoms with Gasteiger partial charge in [0, 0.05) is 11.3 Å². The van der Waals surface area contributed by atoms with Crippen LogP contribution in [-0.4, -0.2) is 23.4 Å². The fourth-order valence-electron chi connectivity index (χ4n) is 1.70. The van der Waals surface area contributed by atoms with Crippen molar-refractivity contribution >= 4 is 28.2 Å². The second-order valence-corrected chi connectivity index (χ2v) is 6.12. The molecule has 0 saturated heterocycles. The molecule has 5 nitrogen and oxygen atoms in total. The van der Waals surface area contributed by atoms with Crippen LogP contribution in [0, 0.1) is 0 Å². The lowest BCUT2D eigenvalue weighted by molar-refractivity contribution is 0.297. The second-order valence-electron chi connectivity index (χ2n) is 3.98. The van der Waals surface area contributed by atoms with Crippen molar-refractivity contribution in [1.29, 1.82) is 0 Å². The Bertz CT molecular complexity index is 574. The first kappa shape index (κ1) is 12.6. The monoisotopic (exact) mass is 295 g/mol. The third kappa shape index (κ3) is 3.10. The molecular formula is C12H13N3O2S2. The van der Waals surface area contributed by atoms with E-state index in [0.29, 0.717) is 18.3 Å². The van der Waals surface area contributed by atoms with Gasteiger partial charge in [0.1, 0.15) is 5.01 Å². The third-order valence-electron chi connectivity index (χ3n) is 2.56. The fourth-order valence-corrected chi connectivity index (χ4v) is 3.22. The number of hydrogen-bond acceptors (Lipinski definition) is 7. The molecular weight excluding hydrogens is 282 g/mol. The minimum absolute atomic E-state index is 0.509. The van der Waals surface area contributed by atoms with Crippen LogP contribution in [0.4, 0.5) is 5.13 Å². The van der Waals surface area contributed by atoms with Crippen molar-refractivity contribution in [3.8, 4) is 11.5 Å². The summed E-state index contributed by atoms with van der Waals surface area (Å²) >= 11 is 3.10. The maximum Gasteiger partial charge on any atom is 0.203 e. The van der Waals surface area contributed by atoms with E-state index >= 15 is 0 Å². The van der Waals surface area contributed by atoms with Crippen LogP contribution in [0.2, 0.25) is 0 Å². The number of aromatic nitrogens is 2. The van der Waals surface area contributed by atoms with Crippen LogP contribution in [0.3, 0.4) is 0 Å². The normalized spacial score (nSPS) is 14.1. The average Bonchev–Trinajstić information content (AvgIpc) is 2.70. The standard InChI is InChI=1S/C12H13N3O2S2/c13-12-15-14-11(19-12)7-18-8-2-3-9-10(6-8)17-5-1-4-16-9/h2-3,6H,1,4-5,7H2,(H2,13,15). The lowest BCUT2D eigenvalue weighted by Crippen LogP contribution is -1.97. The Morgan fingerprint density at radius 1 is 1.21 bits per heavy atom. The molecule has 1 aliphatic heterocycles. The van der Waals surface area contributed by atoms with Crippen molar-refractivity contribution in [2.75, 3.05) is 18.9 Å². The molecule has 0 bridgehead atoms. The first-order valence-electron chi connectivity index (χ1n) is 5.91. The van der Waals surface area contributed by atoms with Crippen LogP contribution >= 0.6 is 23.1 Å². The highest BCUT2D eigenvalue weighted by molar-refractivity contribution is 7.98. The van der Waals surface area contributed by atoms with Gasteiger partial charge in [0.2, 0.25) is 5.13 Å². The summed E-state index contributed by atoms with van der Waals surface area (Å²) in [7, 11) is 0. The highest BCUT2D eigenvalue weighted by Gasteiger charge is 2.11. The number of hydrogen-bond donors (Lipinski definition) is 1. The van der Waals surface area contributed by atoms with E-state index in [2.05, 4.69) is 10.2 Å². The first-order chi connectivity index (χ1) is 9.31. The zero-order chi connectivity index (χ0) is 13.1. The Labute approximate surface area is 119 Å². The van der Waals surface area contributed by atoms with Gasteiger partial charge in [-0.1, -0.05) is 11.3 Å². The molecule has 0 amide bonds. The molecule has 7 heteroatoms. The summed E-state index contributed by atoms with van der Waals surface area (Å²) in [4.78, 5) is 1.12. The van der Waals surface area contributed by atoms with Gasteiger partial charge in [-0.2, -0.15) is 0 Å². The Morgan fingerprint density at radius 3 is 2.84 bits per heavy atom. The number of ether oxygens (including phenoxy) is 2. The summed E-state index contributed by atoms with van der Waals surface area (Å²) in [5, 5.41) is 9.23. The van der Waals surface area contributed by atoms with Crippen molar-refractivity contribution in [2.24, 2.45) is 0 Å². The molecule has 2 heterocycles. The van der Waals surface area contributed by atoms with Crippen molar-refractivity contribution in [1.82, 2.24) is 10.2 Å². The SMILES string of the molecule is Nc1nnc(CSc2ccc3c(c2)OCCCO3)s1. The van der Waals surface area contributed by atoms with E-state index < -0.39 is 0 Å². The molecule has 2 N–H and O–H groups in total. The molecule has 0 spiro atoms. The van der Waals surface area contributed by atoms with Crippen LogP contribution in [0.15, 0.2) is 23.1 Å². The van der Waals surface area contributed by atoms with Crippen LogP contribution < -0.4 is 15.2 Å². The summed E-state index contributed by atoms with van der Waals surface area (Å²) in [5.41, 5.74) is 5.56. The second kappa shape index (κ2) is 5.66. The average molecular weight is 295 g/mol. The Morgan fingerprint density at radius 2 is 2.05 bits per heavy atom. The van der Waals surface area contributed by atoms with E-state index in [-0.39, 0.29) is 0 Å². The molecule has 0 atom stereocenters. The van der Waals surface area contributed by atoms with Crippen LogP contribution in [0.5, 0.6) is 11.5 Å². The molecule has 100 valence electrons. The quantitative estimate of drug-likeness (QED) is 0.878. The summed E-state index contributed by atoms with van der Waals surface area (Å²) < 4.78 is 11.3. The highest BCUT2D eigenvalue weighted by atomic mass is 32.2. The molecule has 19 heavy (non-hydrogen) atoms. The minimum Gasteiger partial charge on any atom is -0.490 e. The fraction of sp³-hybridized carbons (Fsp3) is 0.333. The van der Waals surface area contributed by atoms with E-state index in [4.69, 9.17) is 15.2 Å². The van der Waals surface area contributed by atoms with Gasteiger partial charge in [0.05, 0.1) is 19.0 Å². The lowest BCUT2D eigenvalue weighted by Gasteiger charge is -2.08. The smallest absolute Gasteiger partial charge is 0.203 e. The minimum atomic E-state index is 0.509. The largest absolute Gasteiger partial charge is 0.490 e. The molecule has 0 unspecified atom stereocenters. The zero-order valence-corrected chi connectivity index (χ0v) is 11.8. The molecule has 2 aromatic rings. The zero-order valence-electron chi connectivity index (χ0n) is 10.2. The number of fused-ring (bicyclic) bond motifs is 1. The molecule has 1 aromatic heterocycles. The first-order valence-corrected chi connectivity index (χ1v) is 7.72. The predicted octanol–water partition coefficient (Wildman–Crippen LogP) is 2.57. The van der Waals surface area contributed by atoms with Gasteiger partial charge in [-0.3, -0.25) is 0 Å². The van der Waals surface area contributed by atoms with Crippen LogP contribution in [0.1, 0.15) is 11.4 Å². The Kier molecular flexibility index (Phi) is 3.74. The lowest BCUT2D eigenvalue weighted by atomic mass is 10.3. The molecule has 0 radical (unpaired) electrons. The van der Waals surface area contributed by atoms with E-state index in [1.807, 2.05) is 18.2 Å². The van der Waals surface area contributed by atoms with Crippen molar-refractivity contribution in [3.63, 3.8) is 0 Å². The van der Waals surface area contributed by atoms with Crippen molar-refractivity contribution in [3.05, 3.63) is 23.2 Å².